The van der Waals surface area contributed by atoms with E-state index in [4.69, 9.17) is 10.3 Å². The molecule has 57 heavy (non-hydrogen) atoms. The number of benzene rings is 3. The highest BCUT2D eigenvalue weighted by molar-refractivity contribution is 7.94. The zero-order chi connectivity index (χ0) is 42.3. The standard InChI is InChI=1S/C28H29N9O15S5/c1-3-53(38,39)11-9-31-27-24(29)15(2)25(28(32-27)30-8-10-52-57(49,50)51)34-33-20-6-4-16(12-23(20)56(46,47)48)37-35-21-7-5-18-19(26(21)36-37)13-17(54(40,41)42)14-22(18)55(43,44)45/h3-7,12-14H,1,8-11,29H2,2H3,(H2,30,31,32)(H,40,41,42)(H,43,44,45)(H,46,47,48)(H,49,50,51)/b34-33+. The van der Waals surface area contributed by atoms with E-state index < -0.39 is 77.6 Å². The van der Waals surface area contributed by atoms with Crippen LogP contribution in [0.5, 0.6) is 0 Å². The molecule has 0 spiro atoms. The molecule has 0 aliphatic heterocycles. The first-order chi connectivity index (χ1) is 26.3. The summed E-state index contributed by atoms with van der Waals surface area (Å²) < 4.78 is 162. The number of nitrogens with two attached hydrogens (primary N) is 1. The van der Waals surface area contributed by atoms with Crippen LogP contribution in [0.25, 0.3) is 27.5 Å². The summed E-state index contributed by atoms with van der Waals surface area (Å²) in [7, 11) is -23.6. The molecule has 24 nitrogen and oxygen atoms in total. The number of hydrogen-bond donors (Lipinski definition) is 7. The van der Waals surface area contributed by atoms with Gasteiger partial charge in [-0.05, 0) is 43.3 Å². The second-order valence-electron chi connectivity index (χ2n) is 11.5. The van der Waals surface area contributed by atoms with Crippen molar-refractivity contribution < 1.29 is 64.5 Å². The van der Waals surface area contributed by atoms with E-state index in [2.05, 4.69) is 46.8 Å². The van der Waals surface area contributed by atoms with Crippen molar-refractivity contribution in [2.75, 3.05) is 41.8 Å². The molecular formula is C28H29N9O15S5. The highest BCUT2D eigenvalue weighted by Gasteiger charge is 2.24. The van der Waals surface area contributed by atoms with Crippen molar-refractivity contribution in [3.05, 3.63) is 60.0 Å². The number of nitrogens with zero attached hydrogens (tertiary/aromatic N) is 6. The fourth-order valence-electron chi connectivity index (χ4n) is 5.05. The molecule has 0 unspecified atom stereocenters. The van der Waals surface area contributed by atoms with Crippen LogP contribution in [0.3, 0.4) is 0 Å². The number of hydrogen-bond acceptors (Lipinski definition) is 19. The largest absolute Gasteiger partial charge is 0.397 e. The third-order valence-electron chi connectivity index (χ3n) is 7.73. The second kappa shape index (κ2) is 15.6. The molecule has 0 aliphatic carbocycles. The molecule has 3 aromatic carbocycles. The molecule has 8 N–H and O–H groups in total. The van der Waals surface area contributed by atoms with Crippen LogP contribution in [0.15, 0.2) is 79.4 Å². The van der Waals surface area contributed by atoms with Gasteiger partial charge in [-0.2, -0.15) is 38.5 Å². The number of aromatic nitrogens is 4. The van der Waals surface area contributed by atoms with Gasteiger partial charge in [-0.15, -0.1) is 20.4 Å². The lowest BCUT2D eigenvalue weighted by atomic mass is 10.1. The Kier molecular flexibility index (Phi) is 11.7. The highest BCUT2D eigenvalue weighted by atomic mass is 32.3. The normalized spacial score (nSPS) is 13.1. The van der Waals surface area contributed by atoms with Gasteiger partial charge >= 0.3 is 10.4 Å². The number of sulfone groups is 1. The smallest absolute Gasteiger partial charge is 0.395 e. The molecule has 0 saturated heterocycles. The Bertz CT molecular complexity index is 3060. The topological polar surface area (TPSA) is 379 Å². The summed E-state index contributed by atoms with van der Waals surface area (Å²) in [6.07, 6.45) is 0. The molecule has 0 aliphatic rings. The van der Waals surface area contributed by atoms with Gasteiger partial charge in [-0.25, -0.2) is 17.6 Å². The van der Waals surface area contributed by atoms with Crippen molar-refractivity contribution in [2.24, 2.45) is 10.2 Å². The number of fused-ring (bicyclic) bond motifs is 3. The van der Waals surface area contributed by atoms with E-state index in [-0.39, 0.29) is 74.9 Å². The van der Waals surface area contributed by atoms with E-state index in [0.717, 1.165) is 28.4 Å². The number of nitrogens with one attached hydrogen (secondary N) is 2. The number of pyridine rings is 1. The van der Waals surface area contributed by atoms with Crippen LogP contribution < -0.4 is 16.4 Å². The van der Waals surface area contributed by atoms with Crippen molar-refractivity contribution in [3.63, 3.8) is 0 Å². The zero-order valence-electron chi connectivity index (χ0n) is 28.7. The molecule has 0 saturated carbocycles. The van der Waals surface area contributed by atoms with Crippen molar-refractivity contribution in [3.8, 4) is 5.69 Å². The van der Waals surface area contributed by atoms with E-state index in [0.29, 0.717) is 6.07 Å². The SMILES string of the molecule is C=CS(=O)(=O)CCNc1nc(NCCOS(=O)(=O)O)c(/N=N/c2ccc(-n3nc4ccc5c(S(=O)(=O)O)cc(S(=O)(=O)O)cc5c4n3)cc2S(=O)(=O)O)c(C)c1N. The lowest BCUT2D eigenvalue weighted by Gasteiger charge is -2.16. The van der Waals surface area contributed by atoms with Crippen LogP contribution in [0, 0.1) is 6.92 Å². The minimum atomic E-state index is -5.10. The summed E-state index contributed by atoms with van der Waals surface area (Å²) in [5.41, 5.74) is 5.44. The average Bonchev–Trinajstić information content (AvgIpc) is 3.55. The molecule has 0 fully saturated rings. The van der Waals surface area contributed by atoms with Crippen LogP contribution in [0.2, 0.25) is 0 Å². The number of nitrogen functional groups attached to an aromatic ring is 1. The van der Waals surface area contributed by atoms with Crippen molar-refractivity contribution >= 4 is 101 Å². The Hall–Kier alpha value is -5.24. The maximum Gasteiger partial charge on any atom is 0.397 e. The molecule has 0 amide bonds. The van der Waals surface area contributed by atoms with E-state index >= 15 is 0 Å². The van der Waals surface area contributed by atoms with Gasteiger partial charge < -0.3 is 16.4 Å². The van der Waals surface area contributed by atoms with Gasteiger partial charge in [0.25, 0.3) is 30.4 Å². The molecule has 0 radical (unpaired) electrons. The van der Waals surface area contributed by atoms with Crippen LogP contribution in [0.4, 0.5) is 28.7 Å². The van der Waals surface area contributed by atoms with Gasteiger partial charge in [0.2, 0.25) is 0 Å². The average molecular weight is 892 g/mol. The molecular weight excluding hydrogens is 863 g/mol. The molecule has 29 heteroatoms. The second-order valence-corrected chi connectivity index (χ2v) is 18.9. The fraction of sp³-hybridized carbons (Fsp3) is 0.179. The van der Waals surface area contributed by atoms with E-state index in [1.54, 1.807) is 0 Å². The summed E-state index contributed by atoms with van der Waals surface area (Å²) in [6.45, 7) is 3.58. The number of rotatable bonds is 16. The highest BCUT2D eigenvalue weighted by Crippen LogP contribution is 2.38. The summed E-state index contributed by atoms with van der Waals surface area (Å²) in [5, 5.41) is 22.3. The summed E-state index contributed by atoms with van der Waals surface area (Å²) >= 11 is 0. The molecule has 306 valence electrons. The van der Waals surface area contributed by atoms with Crippen molar-refractivity contribution in [2.45, 2.75) is 21.6 Å². The number of anilines is 3. The van der Waals surface area contributed by atoms with Gasteiger partial charge in [-0.3, -0.25) is 18.2 Å². The first-order valence-electron chi connectivity index (χ1n) is 15.4. The molecule has 2 aromatic heterocycles. The zero-order valence-corrected chi connectivity index (χ0v) is 32.8. The van der Waals surface area contributed by atoms with Gasteiger partial charge in [0.1, 0.15) is 32.2 Å². The van der Waals surface area contributed by atoms with Crippen LogP contribution in [-0.4, -0.2) is 106 Å². The summed E-state index contributed by atoms with van der Waals surface area (Å²) in [6, 6.07) is 7.07. The Morgan fingerprint density at radius 2 is 1.47 bits per heavy atom. The van der Waals surface area contributed by atoms with E-state index in [1.165, 1.54) is 25.1 Å². The molecule has 5 aromatic rings. The van der Waals surface area contributed by atoms with Gasteiger partial charge in [0, 0.05) is 34.8 Å². The number of azo groups is 1. The van der Waals surface area contributed by atoms with Crippen molar-refractivity contribution in [1.82, 2.24) is 20.0 Å². The monoisotopic (exact) mass is 891 g/mol. The van der Waals surface area contributed by atoms with E-state index in [9.17, 15) is 55.7 Å². The minimum absolute atomic E-state index is 0.0105. The third-order valence-corrected chi connectivity index (χ3v) is 12.1. The predicted molar refractivity (Wildman–Crippen MR) is 202 cm³/mol. The van der Waals surface area contributed by atoms with Gasteiger partial charge in [0.05, 0.1) is 28.6 Å². The van der Waals surface area contributed by atoms with Crippen LogP contribution in [0.1, 0.15) is 5.56 Å². The van der Waals surface area contributed by atoms with Gasteiger partial charge in [0.15, 0.2) is 21.5 Å². The fourth-order valence-corrected chi connectivity index (χ4v) is 7.88. The maximum absolute atomic E-state index is 12.6. The maximum atomic E-state index is 12.6. The Morgan fingerprint density at radius 1 is 0.807 bits per heavy atom. The quantitative estimate of drug-likeness (QED) is 0.0424. The van der Waals surface area contributed by atoms with Crippen molar-refractivity contribution in [1.29, 1.82) is 0 Å². The van der Waals surface area contributed by atoms with E-state index in [1.807, 2.05) is 0 Å². The molecule has 0 atom stereocenters. The Balaban J connectivity index is 1.58. The lowest BCUT2D eigenvalue weighted by Crippen LogP contribution is -2.17. The predicted octanol–water partition coefficient (Wildman–Crippen LogP) is 2.22. The summed E-state index contributed by atoms with van der Waals surface area (Å²) in [5.74, 6) is -0.582. The Labute approximate surface area is 323 Å². The molecule has 5 rings (SSSR count). The minimum Gasteiger partial charge on any atom is -0.395 e. The molecule has 2 heterocycles. The van der Waals surface area contributed by atoms with Gasteiger partial charge in [-0.1, -0.05) is 12.6 Å². The lowest BCUT2D eigenvalue weighted by molar-refractivity contribution is 0.278. The Morgan fingerprint density at radius 3 is 2.09 bits per heavy atom. The molecule has 0 bridgehead atoms. The first kappa shape index (κ1) is 42.9. The third kappa shape index (κ3) is 10.0. The van der Waals surface area contributed by atoms with Crippen LogP contribution >= 0.6 is 0 Å². The first-order valence-corrected chi connectivity index (χ1v) is 22.8. The van der Waals surface area contributed by atoms with Crippen LogP contribution in [-0.2, 0) is 54.8 Å². The summed E-state index contributed by atoms with van der Waals surface area (Å²) in [4.78, 5) is 2.51.